The number of esters is 1. The Hall–Kier alpha value is -2.82. The second kappa shape index (κ2) is 17.8. The summed E-state index contributed by atoms with van der Waals surface area (Å²) in [4.78, 5) is 13.4. The first kappa shape index (κ1) is 40.9. The SMILES string of the molecule is C=C1C[C@H](C)C[C@@H]2CC=C[C@@H](C/C=C\C(=O)O[C@H](CO[Si](c3ccccc3)(c3ccccc3)C(C)(C)C)C/C=C/[C@@H](O[Si](C)(C)C(C)(C)C)C1)O2. The van der Waals surface area contributed by atoms with E-state index in [9.17, 15) is 4.79 Å². The summed E-state index contributed by atoms with van der Waals surface area (Å²) in [6.45, 7) is 25.3. The number of carbonyl (C=O) groups is 1. The van der Waals surface area contributed by atoms with Crippen LogP contribution in [0.2, 0.25) is 23.2 Å². The van der Waals surface area contributed by atoms with Gasteiger partial charge in [-0.05, 0) is 71.6 Å². The average Bonchev–Trinajstić information content (AvgIpc) is 3.04. The first-order valence-corrected chi connectivity index (χ1v) is 23.8. The van der Waals surface area contributed by atoms with Gasteiger partial charge in [-0.1, -0.05) is 152 Å². The monoisotopic (exact) mass is 728 g/mol. The van der Waals surface area contributed by atoms with Gasteiger partial charge in [-0.3, -0.25) is 0 Å². The van der Waals surface area contributed by atoms with E-state index >= 15 is 0 Å². The van der Waals surface area contributed by atoms with E-state index < -0.39 is 22.7 Å². The predicted molar refractivity (Wildman–Crippen MR) is 218 cm³/mol. The van der Waals surface area contributed by atoms with Crippen molar-refractivity contribution in [2.45, 2.75) is 135 Å². The number of benzene rings is 2. The quantitative estimate of drug-likeness (QED) is 0.162. The summed E-state index contributed by atoms with van der Waals surface area (Å²) < 4.78 is 26.9. The normalized spacial score (nSPS) is 26.1. The van der Waals surface area contributed by atoms with Crippen molar-refractivity contribution in [1.82, 2.24) is 0 Å². The Balaban J connectivity index is 1.69. The lowest BCUT2D eigenvalue weighted by molar-refractivity contribution is -0.144. The van der Waals surface area contributed by atoms with Gasteiger partial charge in [0.1, 0.15) is 6.10 Å². The van der Waals surface area contributed by atoms with Gasteiger partial charge >= 0.3 is 5.97 Å². The molecular formula is C44H64O5Si2. The van der Waals surface area contributed by atoms with Crippen LogP contribution in [0.1, 0.15) is 87.0 Å². The predicted octanol–water partition coefficient (Wildman–Crippen LogP) is 9.85. The molecule has 5 atom stereocenters. The van der Waals surface area contributed by atoms with E-state index in [1.165, 1.54) is 15.9 Å². The largest absolute Gasteiger partial charge is 0.456 e. The highest BCUT2D eigenvalue weighted by molar-refractivity contribution is 6.99. The third kappa shape index (κ3) is 11.3. The molecule has 2 heterocycles. The number of hydrogen-bond donors (Lipinski definition) is 0. The Kier molecular flexibility index (Phi) is 14.3. The van der Waals surface area contributed by atoms with Crippen LogP contribution < -0.4 is 10.4 Å². The Morgan fingerprint density at radius 2 is 1.41 bits per heavy atom. The van der Waals surface area contributed by atoms with Gasteiger partial charge in [0, 0.05) is 12.5 Å². The molecule has 2 aromatic carbocycles. The second-order valence-electron chi connectivity index (χ2n) is 17.2. The molecule has 0 unspecified atom stereocenters. The van der Waals surface area contributed by atoms with Crippen LogP contribution in [0.4, 0.5) is 0 Å². The minimum Gasteiger partial charge on any atom is -0.456 e. The van der Waals surface area contributed by atoms with Crippen molar-refractivity contribution >= 4 is 33.0 Å². The first-order valence-electron chi connectivity index (χ1n) is 19.0. The lowest BCUT2D eigenvalue weighted by atomic mass is 9.91. The smallest absolute Gasteiger partial charge is 0.330 e. The van der Waals surface area contributed by atoms with Gasteiger partial charge in [0.2, 0.25) is 0 Å². The van der Waals surface area contributed by atoms with Crippen molar-refractivity contribution < 1.29 is 23.1 Å². The van der Waals surface area contributed by atoms with Gasteiger partial charge in [-0.2, -0.15) is 0 Å². The number of carbonyl (C=O) groups excluding carboxylic acids is 1. The van der Waals surface area contributed by atoms with Crippen molar-refractivity contribution in [2.75, 3.05) is 6.61 Å². The fourth-order valence-electron chi connectivity index (χ4n) is 7.13. The molecule has 5 nitrogen and oxygen atoms in total. The molecule has 0 aliphatic carbocycles. The highest BCUT2D eigenvalue weighted by atomic mass is 28.4. The van der Waals surface area contributed by atoms with Crippen molar-refractivity contribution in [3.8, 4) is 0 Å². The molecule has 2 aromatic rings. The van der Waals surface area contributed by atoms with Crippen LogP contribution in [0.25, 0.3) is 0 Å². The molecule has 0 amide bonds. The van der Waals surface area contributed by atoms with Gasteiger partial charge in [-0.25, -0.2) is 4.79 Å². The van der Waals surface area contributed by atoms with E-state index in [-0.39, 0.29) is 41.0 Å². The lowest BCUT2D eigenvalue weighted by Crippen LogP contribution is -2.67. The van der Waals surface area contributed by atoms with E-state index in [2.05, 4.69) is 141 Å². The molecule has 0 saturated heterocycles. The zero-order valence-electron chi connectivity index (χ0n) is 32.8. The van der Waals surface area contributed by atoms with E-state index in [4.69, 9.17) is 18.3 Å². The zero-order valence-corrected chi connectivity index (χ0v) is 34.8. The maximum absolute atomic E-state index is 13.4. The van der Waals surface area contributed by atoms with Gasteiger partial charge in [0.05, 0.1) is 24.9 Å². The Labute approximate surface area is 311 Å². The number of fused-ring (bicyclic) bond motifs is 2. The molecule has 278 valence electrons. The molecule has 2 aliphatic rings. The Morgan fingerprint density at radius 1 is 0.804 bits per heavy atom. The number of hydrogen-bond acceptors (Lipinski definition) is 5. The van der Waals surface area contributed by atoms with Crippen LogP contribution in [0.15, 0.2) is 109 Å². The summed E-state index contributed by atoms with van der Waals surface area (Å²) >= 11 is 0. The van der Waals surface area contributed by atoms with Crippen molar-refractivity contribution in [3.63, 3.8) is 0 Å². The molecule has 0 saturated carbocycles. The molecule has 51 heavy (non-hydrogen) atoms. The van der Waals surface area contributed by atoms with E-state index in [1.807, 2.05) is 18.2 Å². The van der Waals surface area contributed by atoms with Crippen LogP contribution >= 0.6 is 0 Å². The van der Waals surface area contributed by atoms with E-state index in [1.54, 1.807) is 6.08 Å². The Bertz CT molecular complexity index is 1460. The van der Waals surface area contributed by atoms with Crippen LogP contribution in [-0.4, -0.2) is 53.6 Å². The third-order valence-corrected chi connectivity index (χ3v) is 20.2. The molecule has 2 aliphatic heterocycles. The zero-order chi connectivity index (χ0) is 37.3. The standard InChI is InChI=1S/C44H64O5Si2/c1-34-30-35(2)32-38(49-50(9,10)43(3,4)5)23-18-24-39(48-42(45)29-19-21-36-20-17-22-37(31-34)47-36)33-46-51(44(6,7)8,40-25-13-11-14-26-40)41-27-15-12-16-28-41/h11-20,23,25-29,34,36-39H,2,21-22,24,30-33H2,1,3-10H3/b23-18+,29-19-/t34-,36-,37-,38+,39-/m0/s1. The summed E-state index contributed by atoms with van der Waals surface area (Å²) in [5.41, 5.74) is 1.20. The number of rotatable bonds is 7. The van der Waals surface area contributed by atoms with Crippen LogP contribution in [-0.2, 0) is 23.1 Å². The highest BCUT2D eigenvalue weighted by Crippen LogP contribution is 2.39. The minimum absolute atomic E-state index is 0.0540. The minimum atomic E-state index is -2.85. The van der Waals surface area contributed by atoms with Crippen molar-refractivity contribution in [1.29, 1.82) is 0 Å². The first-order chi connectivity index (χ1) is 24.0. The molecule has 0 spiro atoms. The third-order valence-electron chi connectivity index (χ3n) is 10.7. The molecule has 0 radical (unpaired) electrons. The van der Waals surface area contributed by atoms with Crippen LogP contribution in [0.5, 0.6) is 0 Å². The van der Waals surface area contributed by atoms with Crippen molar-refractivity contribution in [2.24, 2.45) is 5.92 Å². The molecular weight excluding hydrogens is 665 g/mol. The fraction of sp³-hybridized carbons (Fsp3) is 0.523. The van der Waals surface area contributed by atoms with Gasteiger partial charge in [-0.15, -0.1) is 0 Å². The second-order valence-corrected chi connectivity index (χ2v) is 26.3. The molecule has 4 rings (SSSR count). The summed E-state index contributed by atoms with van der Waals surface area (Å²) in [5.74, 6) is 0.0764. The highest BCUT2D eigenvalue weighted by Gasteiger charge is 2.50. The van der Waals surface area contributed by atoms with Crippen LogP contribution in [0, 0.1) is 5.92 Å². The number of ether oxygens (including phenoxy) is 2. The summed E-state index contributed by atoms with van der Waals surface area (Å²) in [7, 11) is -4.94. The number of cyclic esters (lactones) is 1. The molecule has 7 heteroatoms. The van der Waals surface area contributed by atoms with E-state index in [0.29, 0.717) is 18.8 Å². The van der Waals surface area contributed by atoms with Crippen LogP contribution in [0.3, 0.4) is 0 Å². The summed E-state index contributed by atoms with van der Waals surface area (Å²) in [6.07, 6.45) is 16.3. The van der Waals surface area contributed by atoms with Gasteiger partial charge < -0.3 is 18.3 Å². The molecule has 0 fully saturated rings. The Morgan fingerprint density at radius 3 is 2.00 bits per heavy atom. The summed E-state index contributed by atoms with van der Waals surface area (Å²) in [6, 6.07) is 21.2. The van der Waals surface area contributed by atoms with Crippen molar-refractivity contribution in [3.05, 3.63) is 109 Å². The average molecular weight is 729 g/mol. The molecule has 2 bridgehead atoms. The summed E-state index contributed by atoms with van der Waals surface area (Å²) in [5, 5.41) is 2.26. The lowest BCUT2D eigenvalue weighted by Gasteiger charge is -2.43. The van der Waals surface area contributed by atoms with Gasteiger partial charge in [0.15, 0.2) is 8.32 Å². The molecule has 0 aromatic heterocycles. The maximum Gasteiger partial charge on any atom is 0.330 e. The van der Waals surface area contributed by atoms with E-state index in [0.717, 1.165) is 25.7 Å². The van der Waals surface area contributed by atoms with Gasteiger partial charge in [0.25, 0.3) is 8.32 Å². The topological polar surface area (TPSA) is 54.0 Å². The molecule has 0 N–H and O–H groups in total. The fourth-order valence-corrected chi connectivity index (χ4v) is 13.0. The maximum atomic E-state index is 13.4.